The van der Waals surface area contributed by atoms with Gasteiger partial charge in [-0.1, -0.05) is 18.2 Å². The summed E-state index contributed by atoms with van der Waals surface area (Å²) < 4.78 is 0. The first kappa shape index (κ1) is 14.2. The van der Waals surface area contributed by atoms with E-state index in [0.717, 1.165) is 0 Å². The Bertz CT molecular complexity index is 750. The molecule has 0 bridgehead atoms. The smallest absolute Gasteiger partial charge is 0.270 e. The minimum absolute atomic E-state index is 0.150. The molecular weight excluding hydrogens is 270 g/mol. The molecular formula is C15H11N3O3. The van der Waals surface area contributed by atoms with Crippen LogP contribution in [0.25, 0.3) is 0 Å². The quantitative estimate of drug-likeness (QED) is 0.639. The number of rotatable bonds is 3. The maximum Gasteiger partial charge on any atom is 0.270 e. The molecule has 0 spiro atoms. The lowest BCUT2D eigenvalue weighted by molar-refractivity contribution is -0.384. The fourth-order valence-electron chi connectivity index (χ4n) is 1.92. The van der Waals surface area contributed by atoms with Gasteiger partial charge in [0.05, 0.1) is 16.2 Å². The third kappa shape index (κ3) is 2.87. The molecule has 0 aliphatic carbocycles. The first-order valence-electron chi connectivity index (χ1n) is 6.06. The van der Waals surface area contributed by atoms with E-state index in [2.05, 4.69) is 0 Å². The van der Waals surface area contributed by atoms with Crippen molar-refractivity contribution in [2.24, 2.45) is 0 Å². The Morgan fingerprint density at radius 2 is 1.95 bits per heavy atom. The zero-order chi connectivity index (χ0) is 15.4. The molecule has 0 atom stereocenters. The molecule has 2 rings (SSSR count). The van der Waals surface area contributed by atoms with Crippen LogP contribution in [-0.2, 0) is 0 Å². The van der Waals surface area contributed by atoms with Gasteiger partial charge in [0.15, 0.2) is 0 Å². The monoisotopic (exact) mass is 281 g/mol. The number of para-hydroxylation sites is 1. The lowest BCUT2D eigenvalue weighted by Crippen LogP contribution is -2.27. The normalized spacial score (nSPS) is 9.71. The molecule has 2 aromatic carbocycles. The number of benzene rings is 2. The SMILES string of the molecule is CN(C(=O)c1cccc([N+](=O)[O-])c1)c1ccccc1C#N. The number of nitrogens with zero attached hydrogens (tertiary/aromatic N) is 3. The zero-order valence-corrected chi connectivity index (χ0v) is 11.2. The van der Waals surface area contributed by atoms with Crippen molar-refractivity contribution in [3.63, 3.8) is 0 Å². The van der Waals surface area contributed by atoms with Crippen LogP contribution >= 0.6 is 0 Å². The summed E-state index contributed by atoms with van der Waals surface area (Å²) in [6, 6.07) is 14.2. The van der Waals surface area contributed by atoms with Gasteiger partial charge in [-0.3, -0.25) is 14.9 Å². The maximum atomic E-state index is 12.4. The molecule has 0 unspecified atom stereocenters. The molecule has 0 fully saturated rings. The fourth-order valence-corrected chi connectivity index (χ4v) is 1.92. The van der Waals surface area contributed by atoms with E-state index >= 15 is 0 Å². The Hall–Kier alpha value is -3.20. The number of nitriles is 1. The minimum atomic E-state index is -0.556. The highest BCUT2D eigenvalue weighted by Crippen LogP contribution is 2.21. The van der Waals surface area contributed by atoms with Gasteiger partial charge in [0.2, 0.25) is 0 Å². The van der Waals surface area contributed by atoms with E-state index in [0.29, 0.717) is 11.3 Å². The van der Waals surface area contributed by atoms with Crippen LogP contribution in [0.1, 0.15) is 15.9 Å². The Kier molecular flexibility index (Phi) is 3.95. The van der Waals surface area contributed by atoms with Crippen LogP contribution in [0.15, 0.2) is 48.5 Å². The fraction of sp³-hybridized carbons (Fsp3) is 0.0667. The van der Waals surface area contributed by atoms with Crippen molar-refractivity contribution >= 4 is 17.3 Å². The Morgan fingerprint density at radius 3 is 2.62 bits per heavy atom. The predicted molar refractivity (Wildman–Crippen MR) is 77.0 cm³/mol. The average molecular weight is 281 g/mol. The highest BCUT2D eigenvalue weighted by atomic mass is 16.6. The van der Waals surface area contributed by atoms with Crippen molar-refractivity contribution in [3.05, 3.63) is 69.8 Å². The molecule has 0 N–H and O–H groups in total. The molecule has 21 heavy (non-hydrogen) atoms. The van der Waals surface area contributed by atoms with E-state index in [9.17, 15) is 14.9 Å². The van der Waals surface area contributed by atoms with E-state index in [1.54, 1.807) is 24.3 Å². The van der Waals surface area contributed by atoms with Gasteiger partial charge in [-0.15, -0.1) is 0 Å². The first-order valence-corrected chi connectivity index (χ1v) is 6.06. The van der Waals surface area contributed by atoms with Gasteiger partial charge in [0.25, 0.3) is 11.6 Å². The lowest BCUT2D eigenvalue weighted by atomic mass is 10.1. The van der Waals surface area contributed by atoms with Crippen LogP contribution in [0.4, 0.5) is 11.4 Å². The van der Waals surface area contributed by atoms with E-state index in [4.69, 9.17) is 5.26 Å². The molecule has 0 saturated carbocycles. The van der Waals surface area contributed by atoms with E-state index in [1.165, 1.54) is 36.2 Å². The number of carbonyl (C=O) groups excluding carboxylic acids is 1. The van der Waals surface area contributed by atoms with Gasteiger partial charge in [-0.2, -0.15) is 5.26 Å². The molecule has 1 amide bonds. The maximum absolute atomic E-state index is 12.4. The number of nitro groups is 1. The van der Waals surface area contributed by atoms with Crippen LogP contribution in [0.3, 0.4) is 0 Å². The summed E-state index contributed by atoms with van der Waals surface area (Å²) in [5.41, 5.74) is 0.859. The molecule has 0 saturated heterocycles. The molecule has 0 heterocycles. The zero-order valence-electron chi connectivity index (χ0n) is 11.2. The second-order valence-corrected chi connectivity index (χ2v) is 4.30. The number of amides is 1. The second-order valence-electron chi connectivity index (χ2n) is 4.30. The van der Waals surface area contributed by atoms with Crippen LogP contribution in [0.5, 0.6) is 0 Å². The molecule has 0 aromatic heterocycles. The van der Waals surface area contributed by atoms with Crippen molar-refractivity contribution in [3.8, 4) is 6.07 Å². The van der Waals surface area contributed by atoms with Gasteiger partial charge in [0, 0.05) is 24.7 Å². The molecule has 6 nitrogen and oxygen atoms in total. The van der Waals surface area contributed by atoms with Crippen LogP contribution < -0.4 is 4.90 Å². The summed E-state index contributed by atoms with van der Waals surface area (Å²) in [6.45, 7) is 0. The Morgan fingerprint density at radius 1 is 1.24 bits per heavy atom. The Labute approximate surface area is 121 Å². The molecule has 0 radical (unpaired) electrons. The molecule has 0 aliphatic heterocycles. The average Bonchev–Trinajstić information content (AvgIpc) is 2.53. The largest absolute Gasteiger partial charge is 0.310 e. The third-order valence-electron chi connectivity index (χ3n) is 2.99. The molecule has 2 aromatic rings. The molecule has 6 heteroatoms. The number of hydrogen-bond donors (Lipinski definition) is 0. The number of carbonyl (C=O) groups is 1. The third-order valence-corrected chi connectivity index (χ3v) is 2.99. The van der Waals surface area contributed by atoms with Crippen molar-refractivity contribution < 1.29 is 9.72 Å². The summed E-state index contributed by atoms with van der Waals surface area (Å²) in [5, 5.41) is 19.8. The number of anilines is 1. The van der Waals surface area contributed by atoms with Gasteiger partial charge >= 0.3 is 0 Å². The van der Waals surface area contributed by atoms with Gasteiger partial charge in [0.1, 0.15) is 6.07 Å². The van der Waals surface area contributed by atoms with Crippen molar-refractivity contribution in [2.75, 3.05) is 11.9 Å². The minimum Gasteiger partial charge on any atom is -0.310 e. The highest BCUT2D eigenvalue weighted by Gasteiger charge is 2.18. The van der Waals surface area contributed by atoms with Gasteiger partial charge < -0.3 is 4.90 Å². The summed E-state index contributed by atoms with van der Waals surface area (Å²) in [5.74, 6) is -0.415. The number of hydrogen-bond acceptors (Lipinski definition) is 4. The van der Waals surface area contributed by atoms with Crippen molar-refractivity contribution in [2.45, 2.75) is 0 Å². The summed E-state index contributed by atoms with van der Waals surface area (Å²) in [7, 11) is 1.53. The van der Waals surface area contributed by atoms with Crippen LogP contribution in [0, 0.1) is 21.4 Å². The van der Waals surface area contributed by atoms with E-state index in [-0.39, 0.29) is 11.3 Å². The summed E-state index contributed by atoms with van der Waals surface area (Å²) >= 11 is 0. The number of nitro benzene ring substituents is 1. The van der Waals surface area contributed by atoms with Crippen LogP contribution in [0.2, 0.25) is 0 Å². The summed E-state index contributed by atoms with van der Waals surface area (Å²) in [4.78, 5) is 23.9. The van der Waals surface area contributed by atoms with Gasteiger partial charge in [-0.25, -0.2) is 0 Å². The van der Waals surface area contributed by atoms with Crippen molar-refractivity contribution in [1.82, 2.24) is 0 Å². The van der Waals surface area contributed by atoms with Gasteiger partial charge in [-0.05, 0) is 18.2 Å². The van der Waals surface area contributed by atoms with E-state index < -0.39 is 10.8 Å². The predicted octanol–water partition coefficient (Wildman–Crippen LogP) is 2.74. The van der Waals surface area contributed by atoms with Crippen LogP contribution in [-0.4, -0.2) is 17.9 Å². The first-order chi connectivity index (χ1) is 10.0. The lowest BCUT2D eigenvalue weighted by Gasteiger charge is -2.18. The van der Waals surface area contributed by atoms with E-state index in [1.807, 2.05) is 6.07 Å². The standard InChI is InChI=1S/C15H11N3O3/c1-17(14-8-3-2-5-12(14)10-16)15(19)11-6-4-7-13(9-11)18(20)21/h2-9H,1H3. The highest BCUT2D eigenvalue weighted by molar-refractivity contribution is 6.06. The second kappa shape index (κ2) is 5.84. The number of non-ortho nitro benzene ring substituents is 1. The summed E-state index contributed by atoms with van der Waals surface area (Å²) in [6.07, 6.45) is 0. The topological polar surface area (TPSA) is 87.2 Å². The molecule has 0 aliphatic rings. The molecule has 104 valence electrons. The van der Waals surface area contributed by atoms with Crippen molar-refractivity contribution in [1.29, 1.82) is 5.26 Å². The Balaban J connectivity index is 2.38.